The van der Waals surface area contributed by atoms with Gasteiger partial charge in [-0.15, -0.1) is 0 Å². The summed E-state index contributed by atoms with van der Waals surface area (Å²) >= 11 is 0. The van der Waals surface area contributed by atoms with Crippen LogP contribution in [0, 0.1) is 5.82 Å². The van der Waals surface area contributed by atoms with Gasteiger partial charge >= 0.3 is 6.18 Å². The summed E-state index contributed by atoms with van der Waals surface area (Å²) in [6, 6.07) is 10.5. The Bertz CT molecular complexity index is 1410. The minimum Gasteiger partial charge on any atom is -0.354 e. The molecule has 40 heavy (non-hydrogen) atoms. The molecule has 8 nitrogen and oxygen atoms in total. The number of benzene rings is 2. The molecule has 1 amide bonds. The number of piperazine rings is 1. The summed E-state index contributed by atoms with van der Waals surface area (Å²) in [6.07, 6.45) is 0.414. The van der Waals surface area contributed by atoms with Crippen LogP contribution in [0.25, 0.3) is 0 Å². The van der Waals surface area contributed by atoms with Gasteiger partial charge in [-0.25, -0.2) is 17.8 Å². The third-order valence-electron chi connectivity index (χ3n) is 6.91. The van der Waals surface area contributed by atoms with Crippen molar-refractivity contribution in [2.75, 3.05) is 39.0 Å². The topological polar surface area (TPSA) is 87.5 Å². The molecule has 1 aliphatic rings. The first-order valence-electron chi connectivity index (χ1n) is 12.8. The van der Waals surface area contributed by atoms with Gasteiger partial charge in [0.15, 0.2) is 0 Å². The molecule has 1 aliphatic heterocycles. The van der Waals surface area contributed by atoms with E-state index in [0.29, 0.717) is 19.5 Å². The van der Waals surface area contributed by atoms with Crippen molar-refractivity contribution in [1.82, 2.24) is 24.1 Å². The molecule has 3 aromatic rings. The molecule has 1 atom stereocenters. The summed E-state index contributed by atoms with van der Waals surface area (Å²) < 4.78 is 81.2. The highest BCUT2D eigenvalue weighted by molar-refractivity contribution is 7.88. The Morgan fingerprint density at radius 1 is 1.07 bits per heavy atom. The van der Waals surface area contributed by atoms with Crippen molar-refractivity contribution in [3.63, 3.8) is 0 Å². The quantitative estimate of drug-likeness (QED) is 0.372. The first-order valence-corrected chi connectivity index (χ1v) is 14.6. The summed E-state index contributed by atoms with van der Waals surface area (Å²) in [5.41, 5.74) is 1.17. The zero-order chi connectivity index (χ0) is 28.9. The fraction of sp³-hybridized carbons (Fsp3) is 0.407. The molecule has 0 bridgehead atoms. The average molecular weight is 582 g/mol. The normalized spacial score (nSPS) is 17.2. The van der Waals surface area contributed by atoms with Crippen LogP contribution in [0.15, 0.2) is 61.1 Å². The van der Waals surface area contributed by atoms with Crippen molar-refractivity contribution in [1.29, 1.82) is 0 Å². The third kappa shape index (κ3) is 7.67. The molecular weight excluding hydrogens is 550 g/mol. The highest BCUT2D eigenvalue weighted by atomic mass is 32.2. The standard InChI is InChI=1S/C27H31F4N5O3S/c1-40(38,39)36-15-14-34(13-11-21-4-2-3-5-24(21)27(29,30)31)18-25(36)26(37)33-12-10-23-16-32-19-35(23)17-20-6-8-22(28)9-7-20/h2-9,16,19,25H,10-15,17-18H2,1H3,(H,33,37). The molecule has 0 spiro atoms. The van der Waals surface area contributed by atoms with E-state index in [0.717, 1.165) is 27.9 Å². The van der Waals surface area contributed by atoms with E-state index < -0.39 is 33.7 Å². The zero-order valence-electron chi connectivity index (χ0n) is 21.9. The number of imidazole rings is 1. The number of amides is 1. The first kappa shape index (κ1) is 29.7. The Morgan fingerprint density at radius 3 is 2.50 bits per heavy atom. The molecule has 2 aromatic carbocycles. The van der Waals surface area contributed by atoms with Crippen molar-refractivity contribution >= 4 is 15.9 Å². The van der Waals surface area contributed by atoms with Crippen LogP contribution in [-0.2, 0) is 40.4 Å². The monoisotopic (exact) mass is 581 g/mol. The van der Waals surface area contributed by atoms with E-state index in [-0.39, 0.29) is 44.0 Å². The molecule has 0 radical (unpaired) electrons. The van der Waals surface area contributed by atoms with Gasteiger partial charge in [0.05, 0.1) is 18.1 Å². The van der Waals surface area contributed by atoms with Crippen molar-refractivity contribution < 1.29 is 30.8 Å². The minimum absolute atomic E-state index is 0.0578. The third-order valence-corrected chi connectivity index (χ3v) is 8.20. The molecule has 4 rings (SSSR count). The average Bonchev–Trinajstić information content (AvgIpc) is 3.34. The first-order chi connectivity index (χ1) is 18.9. The number of nitrogens with zero attached hydrogens (tertiary/aromatic N) is 4. The van der Waals surface area contributed by atoms with Gasteiger partial charge < -0.3 is 9.88 Å². The Morgan fingerprint density at radius 2 is 1.80 bits per heavy atom. The zero-order valence-corrected chi connectivity index (χ0v) is 22.8. The van der Waals surface area contributed by atoms with Crippen LogP contribution in [0.5, 0.6) is 0 Å². The van der Waals surface area contributed by atoms with Crippen molar-refractivity contribution in [3.05, 3.63) is 89.3 Å². The lowest BCUT2D eigenvalue weighted by molar-refractivity contribution is -0.138. The lowest BCUT2D eigenvalue weighted by Crippen LogP contribution is -2.60. The van der Waals surface area contributed by atoms with E-state index in [4.69, 9.17) is 0 Å². The molecule has 0 aliphatic carbocycles. The van der Waals surface area contributed by atoms with Gasteiger partial charge in [0.25, 0.3) is 0 Å². The van der Waals surface area contributed by atoms with E-state index >= 15 is 0 Å². The van der Waals surface area contributed by atoms with Crippen molar-refractivity contribution in [2.24, 2.45) is 0 Å². The number of alkyl halides is 3. The molecule has 1 unspecified atom stereocenters. The van der Waals surface area contributed by atoms with Gasteiger partial charge in [0.2, 0.25) is 15.9 Å². The Kier molecular flexibility index (Phi) is 9.26. The van der Waals surface area contributed by atoms with E-state index in [1.807, 2.05) is 9.47 Å². The summed E-state index contributed by atoms with van der Waals surface area (Å²) in [4.78, 5) is 19.1. The number of halogens is 4. The van der Waals surface area contributed by atoms with Crippen LogP contribution in [0.3, 0.4) is 0 Å². The lowest BCUT2D eigenvalue weighted by atomic mass is 10.0. The maximum Gasteiger partial charge on any atom is 0.416 e. The molecule has 0 saturated carbocycles. The van der Waals surface area contributed by atoms with Gasteiger partial charge in [0, 0.05) is 57.6 Å². The van der Waals surface area contributed by atoms with Crippen molar-refractivity contribution in [2.45, 2.75) is 31.6 Å². The molecule has 2 heterocycles. The van der Waals surface area contributed by atoms with Crippen molar-refractivity contribution in [3.8, 4) is 0 Å². The number of rotatable bonds is 10. The smallest absolute Gasteiger partial charge is 0.354 e. The summed E-state index contributed by atoms with van der Waals surface area (Å²) in [6.45, 7) is 1.37. The largest absolute Gasteiger partial charge is 0.416 e. The van der Waals surface area contributed by atoms with E-state index in [1.165, 1.54) is 24.3 Å². The number of hydrogen-bond acceptors (Lipinski definition) is 5. The van der Waals surface area contributed by atoms with Gasteiger partial charge in [-0.2, -0.15) is 17.5 Å². The molecule has 216 valence electrons. The molecular formula is C27H31F4N5O3S. The second-order valence-corrected chi connectivity index (χ2v) is 11.7. The number of carbonyl (C=O) groups excluding carboxylic acids is 1. The molecule has 1 fully saturated rings. The fourth-order valence-corrected chi connectivity index (χ4v) is 5.88. The number of hydrogen-bond donors (Lipinski definition) is 1. The minimum atomic E-state index is -4.47. The van der Waals surface area contributed by atoms with E-state index in [2.05, 4.69) is 10.3 Å². The Balaban J connectivity index is 1.36. The Labute approximate surface area is 230 Å². The highest BCUT2D eigenvalue weighted by Gasteiger charge is 2.38. The highest BCUT2D eigenvalue weighted by Crippen LogP contribution is 2.32. The van der Waals surface area contributed by atoms with E-state index in [1.54, 1.807) is 30.7 Å². The van der Waals surface area contributed by atoms with Crippen LogP contribution in [0.2, 0.25) is 0 Å². The van der Waals surface area contributed by atoms with Crippen LogP contribution in [-0.4, -0.2) is 78.1 Å². The van der Waals surface area contributed by atoms with E-state index in [9.17, 15) is 30.8 Å². The maximum atomic E-state index is 13.4. The number of aromatic nitrogens is 2. The van der Waals surface area contributed by atoms with Crippen LogP contribution in [0.1, 0.15) is 22.4 Å². The summed E-state index contributed by atoms with van der Waals surface area (Å²) in [7, 11) is -3.69. The van der Waals surface area contributed by atoms with Gasteiger partial charge in [0.1, 0.15) is 11.9 Å². The number of nitrogens with one attached hydrogen (secondary N) is 1. The van der Waals surface area contributed by atoms with Gasteiger partial charge in [-0.3, -0.25) is 9.69 Å². The molecule has 13 heteroatoms. The second-order valence-electron chi connectivity index (χ2n) is 9.78. The number of sulfonamides is 1. The molecule has 1 aromatic heterocycles. The van der Waals surface area contributed by atoms with Crippen LogP contribution in [0.4, 0.5) is 17.6 Å². The second kappa shape index (κ2) is 12.5. The molecule has 1 saturated heterocycles. The predicted octanol–water partition coefficient (Wildman–Crippen LogP) is 2.94. The van der Waals surface area contributed by atoms with Crippen LogP contribution >= 0.6 is 0 Å². The summed E-state index contributed by atoms with van der Waals surface area (Å²) in [5, 5.41) is 2.80. The molecule has 1 N–H and O–H groups in total. The lowest BCUT2D eigenvalue weighted by Gasteiger charge is -2.39. The van der Waals surface area contributed by atoms with Gasteiger partial charge in [-0.1, -0.05) is 30.3 Å². The van der Waals surface area contributed by atoms with Crippen LogP contribution < -0.4 is 5.32 Å². The fourth-order valence-electron chi connectivity index (χ4n) is 4.85. The number of carbonyl (C=O) groups is 1. The Hall–Kier alpha value is -3.29. The SMILES string of the molecule is CS(=O)(=O)N1CCN(CCc2ccccc2C(F)(F)F)CC1C(=O)NCCc1cncn1Cc1ccc(F)cc1. The predicted molar refractivity (Wildman–Crippen MR) is 141 cm³/mol. The van der Waals surface area contributed by atoms with Gasteiger partial charge in [-0.05, 0) is 35.7 Å². The summed E-state index contributed by atoms with van der Waals surface area (Å²) in [5.74, 6) is -0.803. The maximum absolute atomic E-state index is 13.4.